The predicted molar refractivity (Wildman–Crippen MR) is 471 cm³/mol. The van der Waals surface area contributed by atoms with Gasteiger partial charge in [0, 0.05) is 147 Å². The Morgan fingerprint density at radius 3 is 1.06 bits per heavy atom. The molecule has 0 saturated heterocycles. The minimum absolute atomic E-state index is 0.0908. The normalized spacial score (nSPS) is 12.6. The van der Waals surface area contributed by atoms with E-state index in [2.05, 4.69) is 46.4 Å². The molecule has 0 aliphatic carbocycles. The van der Waals surface area contributed by atoms with Crippen LogP contribution in [0.1, 0.15) is 165 Å². The number of fused-ring (bicyclic) bond motifs is 4. The van der Waals surface area contributed by atoms with Gasteiger partial charge in [-0.05, 0) is 226 Å². The topological polar surface area (TPSA) is 185 Å². The number of carbonyl (C=O) groups is 8. The van der Waals surface area contributed by atoms with E-state index in [1.54, 1.807) is 61.1 Å². The quantitative estimate of drug-likeness (QED) is 0.0496. The maximum Gasteiger partial charge on any atom is 0.226 e. The Hall–Kier alpha value is -13.3. The minimum Gasteiger partial charge on any atom is -0.497 e. The van der Waals surface area contributed by atoms with Gasteiger partial charge < -0.3 is 24.3 Å². The zero-order valence-corrected chi connectivity index (χ0v) is 68.6. The molecule has 12 aromatic rings. The smallest absolute Gasteiger partial charge is 0.226 e. The Morgan fingerprint density at radius 1 is 0.325 bits per heavy atom. The molecule has 608 valence electrons. The van der Waals surface area contributed by atoms with E-state index in [9.17, 15) is 47.1 Å². The number of methoxy groups -OCH3 is 1. The number of carbonyl (C=O) groups excluding carboxylic acids is 8. The number of ketones is 4. The molecule has 120 heavy (non-hydrogen) atoms. The molecule has 17 heteroatoms. The number of anilines is 4. The molecule has 16 rings (SSSR count). The lowest BCUT2D eigenvalue weighted by Crippen LogP contribution is -2.27. The second-order valence-corrected chi connectivity index (χ2v) is 30.3. The van der Waals surface area contributed by atoms with Gasteiger partial charge in [-0.2, -0.15) is 0 Å². The predicted octanol–water partition coefficient (Wildman–Crippen LogP) is 20.9. The highest BCUT2D eigenvalue weighted by molar-refractivity contribution is 6.02. The number of nitrogens with zero attached hydrogens (tertiary/aromatic N) is 6. The molecule has 0 bridgehead atoms. The SMILES string of the molecule is CCC(=O)N1CCc2cc(-c3ccc(C(=O)CCc4ccc(OC)cc4)cc3)ccc21.CCC(=O)N1CCc2cc(-c3ccc(C(=O)CCc4ccccc4)cc3)ccc21.CCC(=O)N1CCc2cc(-c3ccc(C(=O)CCc4cccnc4)c(F)c3)ccc21.CCC(=O)N1CCc2cc(-c3ccc(C(=O)CCc4cccnc4)cc3F)ccc21. The molecule has 10 aromatic carbocycles. The molecular formula is C103H98F2N6O9. The van der Waals surface area contributed by atoms with Crippen molar-refractivity contribution in [3.63, 3.8) is 0 Å². The van der Waals surface area contributed by atoms with Crippen LogP contribution in [-0.2, 0) is 70.5 Å². The number of amides is 4. The van der Waals surface area contributed by atoms with Crippen LogP contribution in [0.15, 0.2) is 261 Å². The Balaban J connectivity index is 0.000000138. The number of hydrogen-bond acceptors (Lipinski definition) is 11. The summed E-state index contributed by atoms with van der Waals surface area (Å²) in [6, 6.07) is 74.6. The zero-order valence-electron chi connectivity index (χ0n) is 68.6. The van der Waals surface area contributed by atoms with E-state index < -0.39 is 11.6 Å². The first kappa shape index (κ1) is 84.6. The van der Waals surface area contributed by atoms with Crippen molar-refractivity contribution in [2.24, 2.45) is 0 Å². The van der Waals surface area contributed by atoms with Crippen molar-refractivity contribution >= 4 is 69.5 Å². The van der Waals surface area contributed by atoms with Gasteiger partial charge in [-0.3, -0.25) is 48.3 Å². The molecule has 4 amide bonds. The molecule has 0 spiro atoms. The molecule has 6 heterocycles. The number of rotatable bonds is 25. The fraction of sp³-hybridized carbons (Fsp3) is 0.243. The van der Waals surface area contributed by atoms with Crippen molar-refractivity contribution in [1.82, 2.24) is 9.97 Å². The number of pyridine rings is 2. The summed E-state index contributed by atoms with van der Waals surface area (Å²) in [4.78, 5) is 114. The molecule has 2 aromatic heterocycles. The third-order valence-corrected chi connectivity index (χ3v) is 22.6. The van der Waals surface area contributed by atoms with Crippen LogP contribution in [0.5, 0.6) is 5.75 Å². The fourth-order valence-electron chi connectivity index (χ4n) is 15.8. The second kappa shape index (κ2) is 40.2. The van der Waals surface area contributed by atoms with Gasteiger partial charge in [0.25, 0.3) is 0 Å². The highest BCUT2D eigenvalue weighted by Gasteiger charge is 2.29. The van der Waals surface area contributed by atoms with Crippen LogP contribution in [0.25, 0.3) is 44.5 Å². The molecule has 0 unspecified atom stereocenters. The van der Waals surface area contributed by atoms with Crippen molar-refractivity contribution in [2.75, 3.05) is 52.9 Å². The maximum atomic E-state index is 14.8. The summed E-state index contributed by atoms with van der Waals surface area (Å²) in [7, 11) is 1.65. The molecular weight excluding hydrogens is 1500 g/mol. The van der Waals surface area contributed by atoms with Gasteiger partial charge in [0.2, 0.25) is 23.6 Å². The summed E-state index contributed by atoms with van der Waals surface area (Å²) in [5.41, 5.74) is 21.9. The van der Waals surface area contributed by atoms with Crippen LogP contribution < -0.4 is 24.3 Å². The number of aromatic nitrogens is 2. The van der Waals surface area contributed by atoms with Crippen LogP contribution >= 0.6 is 0 Å². The fourth-order valence-corrected chi connectivity index (χ4v) is 15.8. The molecule has 0 saturated carbocycles. The van der Waals surface area contributed by atoms with E-state index in [4.69, 9.17) is 4.74 Å². The summed E-state index contributed by atoms with van der Waals surface area (Å²) in [6.45, 7) is 10.4. The number of aryl methyl sites for hydroxylation is 4. The Kier molecular flexibility index (Phi) is 28.4. The van der Waals surface area contributed by atoms with Crippen molar-refractivity contribution < 1.29 is 51.9 Å². The Bertz CT molecular complexity index is 5700. The summed E-state index contributed by atoms with van der Waals surface area (Å²) >= 11 is 0. The standard InChI is InChI=1S/C27H27NO3.C26H25NO2.2C25H23FN2O2/c1-3-27(30)28-17-16-23-18-22(11-14-25(23)28)20-7-9-21(10-8-20)26(29)15-6-19-4-12-24(31-2)13-5-19;1-2-26(29)27-17-16-23-18-22(13-14-24(23)27)20-9-11-21(12-10-20)25(28)15-8-19-6-4-3-5-7-19;1-2-25(30)28-13-11-19-14-18(7-9-23(19)28)21-8-6-20(15-22(21)26)24(29)10-5-17-4-3-12-27-16-17;1-2-25(30)28-13-11-20-14-18(7-9-23(20)28)19-6-8-21(22(26)15-19)24(29)10-5-17-4-3-12-27-16-17/h4-5,7-14,18H,3,6,15-17H2,1-2H3;3-7,9-14,18H,2,8,15-17H2,1H3;2*3-4,6-9,12,14-16H,2,5,10-11,13H2,1H3. The van der Waals surface area contributed by atoms with Crippen molar-refractivity contribution in [1.29, 1.82) is 0 Å². The summed E-state index contributed by atoms with van der Waals surface area (Å²) in [5, 5.41) is 0. The van der Waals surface area contributed by atoms with Gasteiger partial charge in [-0.15, -0.1) is 0 Å². The molecule has 0 fully saturated rings. The van der Waals surface area contributed by atoms with Crippen molar-refractivity contribution in [3.8, 4) is 50.3 Å². The summed E-state index contributed by atoms with van der Waals surface area (Å²) in [5.74, 6) is 0.462. The van der Waals surface area contributed by atoms with Crippen LogP contribution in [0.4, 0.5) is 31.5 Å². The number of ether oxygens (including phenoxy) is 1. The maximum absolute atomic E-state index is 14.8. The van der Waals surface area contributed by atoms with Crippen LogP contribution in [-0.4, -0.2) is 90.0 Å². The van der Waals surface area contributed by atoms with E-state index in [-0.39, 0.29) is 58.7 Å². The Labute approximate surface area is 700 Å². The number of benzene rings is 10. The third kappa shape index (κ3) is 20.8. The van der Waals surface area contributed by atoms with E-state index in [0.29, 0.717) is 88.4 Å². The van der Waals surface area contributed by atoms with Crippen LogP contribution in [0, 0.1) is 11.6 Å². The monoisotopic (exact) mass is 1600 g/mol. The van der Waals surface area contributed by atoms with Gasteiger partial charge in [0.1, 0.15) is 17.4 Å². The van der Waals surface area contributed by atoms with Crippen LogP contribution in [0.3, 0.4) is 0 Å². The number of hydrogen-bond donors (Lipinski definition) is 0. The van der Waals surface area contributed by atoms with Gasteiger partial charge in [-0.1, -0.05) is 173 Å². The van der Waals surface area contributed by atoms with Crippen molar-refractivity contribution in [2.45, 2.75) is 130 Å². The van der Waals surface area contributed by atoms with Gasteiger partial charge >= 0.3 is 0 Å². The highest BCUT2D eigenvalue weighted by Crippen LogP contribution is 2.39. The highest BCUT2D eigenvalue weighted by atomic mass is 19.1. The lowest BCUT2D eigenvalue weighted by molar-refractivity contribution is -0.119. The van der Waals surface area contributed by atoms with E-state index in [1.807, 2.05) is 206 Å². The molecule has 4 aliphatic rings. The average molecular weight is 1600 g/mol. The van der Waals surface area contributed by atoms with E-state index in [1.165, 1.54) is 28.8 Å². The van der Waals surface area contributed by atoms with Gasteiger partial charge in [-0.25, -0.2) is 8.78 Å². The largest absolute Gasteiger partial charge is 0.497 e. The summed E-state index contributed by atoms with van der Waals surface area (Å²) < 4.78 is 34.7. The second-order valence-electron chi connectivity index (χ2n) is 30.3. The minimum atomic E-state index is -0.507. The molecule has 0 atom stereocenters. The van der Waals surface area contributed by atoms with Gasteiger partial charge in [0.05, 0.1) is 12.7 Å². The number of Topliss-reactive ketones (excluding diaryl/α,β-unsaturated/α-hetero) is 4. The Morgan fingerprint density at radius 2 is 0.667 bits per heavy atom. The first-order valence-corrected chi connectivity index (χ1v) is 41.5. The van der Waals surface area contributed by atoms with E-state index >= 15 is 0 Å². The van der Waals surface area contributed by atoms with Gasteiger partial charge in [0.15, 0.2) is 23.1 Å². The first-order valence-electron chi connectivity index (χ1n) is 41.5. The zero-order chi connectivity index (χ0) is 84.2. The molecule has 0 radical (unpaired) electrons. The molecule has 0 N–H and O–H groups in total. The molecule has 4 aliphatic heterocycles. The summed E-state index contributed by atoms with van der Waals surface area (Å²) in [6.07, 6.45) is 16.3. The van der Waals surface area contributed by atoms with E-state index in [0.717, 1.165) is 152 Å². The lowest BCUT2D eigenvalue weighted by Gasteiger charge is -2.16. The van der Waals surface area contributed by atoms with Crippen LogP contribution in [0.2, 0.25) is 0 Å². The molecule has 15 nitrogen and oxygen atoms in total. The average Bonchev–Trinajstić information content (AvgIpc) is 1.62. The number of halogens is 2. The van der Waals surface area contributed by atoms with Crippen molar-refractivity contribution in [3.05, 3.63) is 340 Å². The lowest BCUT2D eigenvalue weighted by atomic mass is 9.97. The third-order valence-electron chi connectivity index (χ3n) is 22.6. The first-order chi connectivity index (χ1) is 58.4.